The summed E-state index contributed by atoms with van der Waals surface area (Å²) in [4.78, 5) is 23.6. The summed E-state index contributed by atoms with van der Waals surface area (Å²) in [7, 11) is 1.44. The number of nitro benzene ring substituents is 1. The summed E-state index contributed by atoms with van der Waals surface area (Å²) in [6.07, 6.45) is 2.93. The number of carbonyl (C=O) groups excluding carboxylic acids is 1. The van der Waals surface area contributed by atoms with E-state index in [0.29, 0.717) is 22.1 Å². The first-order valence-electron chi connectivity index (χ1n) is 9.89. The Morgan fingerprint density at radius 3 is 2.45 bits per heavy atom. The molecule has 4 rings (SSSR count). The van der Waals surface area contributed by atoms with Gasteiger partial charge in [-0.2, -0.15) is 0 Å². The lowest BCUT2D eigenvalue weighted by molar-refractivity contribution is -0.385. The summed E-state index contributed by atoms with van der Waals surface area (Å²) in [6.45, 7) is 0.217. The molecule has 8 heteroatoms. The van der Waals surface area contributed by atoms with Crippen molar-refractivity contribution in [3.05, 3.63) is 110 Å². The Labute approximate surface area is 194 Å². The van der Waals surface area contributed by atoms with Crippen molar-refractivity contribution in [3.8, 4) is 11.5 Å². The van der Waals surface area contributed by atoms with E-state index in [2.05, 4.69) is 0 Å². The maximum atomic E-state index is 12.4. The molecule has 0 amide bonds. The van der Waals surface area contributed by atoms with Gasteiger partial charge in [0.1, 0.15) is 12.4 Å². The van der Waals surface area contributed by atoms with Crippen LogP contribution in [-0.4, -0.2) is 18.0 Å². The molecule has 0 saturated heterocycles. The molecule has 3 aromatic rings. The quantitative estimate of drug-likeness (QED) is 0.190. The summed E-state index contributed by atoms with van der Waals surface area (Å²) in [5.41, 5.74) is 1.69. The number of esters is 1. The van der Waals surface area contributed by atoms with E-state index in [1.54, 1.807) is 24.3 Å². The van der Waals surface area contributed by atoms with Gasteiger partial charge in [0.2, 0.25) is 0 Å². The Morgan fingerprint density at radius 1 is 1.06 bits per heavy atom. The zero-order valence-corrected chi connectivity index (χ0v) is 18.2. The molecule has 0 aliphatic carbocycles. The first-order chi connectivity index (χ1) is 15.9. The van der Waals surface area contributed by atoms with Crippen molar-refractivity contribution in [1.82, 2.24) is 0 Å². The van der Waals surface area contributed by atoms with Gasteiger partial charge < -0.3 is 14.2 Å². The van der Waals surface area contributed by atoms with E-state index in [9.17, 15) is 14.9 Å². The summed E-state index contributed by atoms with van der Waals surface area (Å²) >= 11 is 5.90. The van der Waals surface area contributed by atoms with E-state index in [0.717, 1.165) is 5.56 Å². The van der Waals surface area contributed by atoms with Crippen LogP contribution in [0.25, 0.3) is 11.8 Å². The second kappa shape index (κ2) is 9.58. The Morgan fingerprint density at radius 2 is 1.79 bits per heavy atom. The molecule has 0 unspecified atom stereocenters. The molecular weight excluding hydrogens is 446 g/mol. The van der Waals surface area contributed by atoms with Crippen LogP contribution in [0.1, 0.15) is 16.7 Å². The van der Waals surface area contributed by atoms with Gasteiger partial charge >= 0.3 is 5.97 Å². The predicted molar refractivity (Wildman–Crippen MR) is 124 cm³/mol. The van der Waals surface area contributed by atoms with Gasteiger partial charge in [-0.25, -0.2) is 4.79 Å². The molecule has 0 radical (unpaired) electrons. The molecule has 166 valence electrons. The first-order valence-corrected chi connectivity index (χ1v) is 10.3. The average molecular weight is 464 g/mol. The summed E-state index contributed by atoms with van der Waals surface area (Å²) in [6, 6.07) is 19.0. The molecule has 1 aliphatic heterocycles. The fraction of sp³-hybridized carbons (Fsp3) is 0.0800. The highest BCUT2D eigenvalue weighted by atomic mass is 35.5. The zero-order valence-electron chi connectivity index (χ0n) is 17.5. The van der Waals surface area contributed by atoms with Crippen molar-refractivity contribution in [2.45, 2.75) is 6.61 Å². The van der Waals surface area contributed by atoms with Gasteiger partial charge in [0, 0.05) is 10.6 Å². The molecule has 1 heterocycles. The molecule has 0 spiro atoms. The number of hydrogen-bond acceptors (Lipinski definition) is 6. The van der Waals surface area contributed by atoms with Crippen LogP contribution >= 0.6 is 11.6 Å². The van der Waals surface area contributed by atoms with Gasteiger partial charge in [-0.05, 0) is 48.0 Å². The Bertz CT molecular complexity index is 1270. The minimum atomic E-state index is -0.613. The molecule has 3 aromatic carbocycles. The van der Waals surface area contributed by atoms with Crippen LogP contribution in [0.2, 0.25) is 5.02 Å². The number of methoxy groups -OCH3 is 1. The normalized spacial score (nSPS) is 14.1. The van der Waals surface area contributed by atoms with Crippen molar-refractivity contribution in [2.75, 3.05) is 7.11 Å². The molecule has 0 N–H and O–H groups in total. The number of nitrogens with zero attached hydrogens (tertiary/aromatic N) is 1. The van der Waals surface area contributed by atoms with Gasteiger partial charge in [-0.3, -0.25) is 10.1 Å². The third kappa shape index (κ3) is 5.05. The van der Waals surface area contributed by atoms with E-state index < -0.39 is 10.9 Å². The Kier molecular flexibility index (Phi) is 6.42. The number of cyclic esters (lactones) is 1. The van der Waals surface area contributed by atoms with Gasteiger partial charge in [0.15, 0.2) is 11.5 Å². The third-order valence-electron chi connectivity index (χ3n) is 4.91. The lowest BCUT2D eigenvalue weighted by Gasteiger charge is -2.12. The van der Waals surface area contributed by atoms with E-state index in [-0.39, 0.29) is 29.2 Å². The summed E-state index contributed by atoms with van der Waals surface area (Å²) in [5, 5.41) is 12.3. The number of ether oxygens (including phenoxy) is 3. The highest BCUT2D eigenvalue weighted by Gasteiger charge is 2.25. The fourth-order valence-electron chi connectivity index (χ4n) is 3.26. The van der Waals surface area contributed by atoms with Gasteiger partial charge in [-0.1, -0.05) is 41.9 Å². The number of halogens is 1. The van der Waals surface area contributed by atoms with Crippen molar-refractivity contribution in [2.24, 2.45) is 0 Å². The van der Waals surface area contributed by atoms with Crippen molar-refractivity contribution in [3.63, 3.8) is 0 Å². The monoisotopic (exact) mass is 463 g/mol. The van der Waals surface area contributed by atoms with Crippen LogP contribution in [-0.2, 0) is 16.1 Å². The summed E-state index contributed by atoms with van der Waals surface area (Å²) in [5.74, 6) is 0.246. The number of hydrogen-bond donors (Lipinski definition) is 0. The van der Waals surface area contributed by atoms with Gasteiger partial charge in [0.25, 0.3) is 5.69 Å². The lowest BCUT2D eigenvalue weighted by atomic mass is 10.1. The van der Waals surface area contributed by atoms with Gasteiger partial charge in [-0.15, -0.1) is 0 Å². The molecule has 0 aromatic heterocycles. The number of benzene rings is 3. The second-order valence-corrected chi connectivity index (χ2v) is 7.53. The smallest absolute Gasteiger partial charge is 0.343 e. The van der Waals surface area contributed by atoms with Crippen LogP contribution in [0.4, 0.5) is 5.69 Å². The van der Waals surface area contributed by atoms with E-state index in [1.807, 2.05) is 30.3 Å². The molecule has 0 bridgehead atoms. The largest absolute Gasteiger partial charge is 0.493 e. The molecule has 0 fully saturated rings. The molecule has 33 heavy (non-hydrogen) atoms. The predicted octanol–water partition coefficient (Wildman–Crippen LogP) is 5.82. The molecular formula is C25H18ClNO6. The SMILES string of the molecule is COc1cc(/C=C2\C=C(c3ccc(Cl)cc3)OC2=O)c([N+](=O)[O-])cc1OCc1ccccc1. The lowest BCUT2D eigenvalue weighted by Crippen LogP contribution is -2.01. The maximum Gasteiger partial charge on any atom is 0.343 e. The molecule has 1 aliphatic rings. The number of rotatable bonds is 7. The maximum absolute atomic E-state index is 12.4. The highest BCUT2D eigenvalue weighted by Crippen LogP contribution is 2.37. The fourth-order valence-corrected chi connectivity index (χ4v) is 3.39. The van der Waals surface area contributed by atoms with Crippen LogP contribution in [0.5, 0.6) is 11.5 Å². The minimum absolute atomic E-state index is 0.169. The van der Waals surface area contributed by atoms with Crippen LogP contribution in [0.15, 0.2) is 78.4 Å². The van der Waals surface area contributed by atoms with Crippen LogP contribution in [0.3, 0.4) is 0 Å². The van der Waals surface area contributed by atoms with Crippen LogP contribution in [0, 0.1) is 10.1 Å². The Hall–Kier alpha value is -4.10. The van der Waals surface area contributed by atoms with Gasteiger partial charge in [0.05, 0.1) is 29.2 Å². The Balaban J connectivity index is 1.68. The average Bonchev–Trinajstić information content (AvgIpc) is 3.18. The first kappa shape index (κ1) is 22.1. The minimum Gasteiger partial charge on any atom is -0.493 e. The molecule has 7 nitrogen and oxygen atoms in total. The highest BCUT2D eigenvalue weighted by molar-refractivity contribution is 6.30. The number of nitro groups is 1. The molecule has 0 saturated carbocycles. The van der Waals surface area contributed by atoms with E-state index >= 15 is 0 Å². The van der Waals surface area contributed by atoms with Crippen LogP contribution < -0.4 is 9.47 Å². The second-order valence-electron chi connectivity index (χ2n) is 7.10. The van der Waals surface area contributed by atoms with Crippen molar-refractivity contribution < 1.29 is 23.9 Å². The van der Waals surface area contributed by atoms with Crippen molar-refractivity contribution >= 4 is 35.1 Å². The topological polar surface area (TPSA) is 87.9 Å². The standard InChI is InChI=1S/C25H18ClNO6/c1-31-23-12-18(11-19-13-22(33-25(19)28)17-7-9-20(26)10-8-17)21(27(29)30)14-24(23)32-15-16-5-3-2-4-6-16/h2-14H,15H2,1H3/b19-11+. The molecule has 0 atom stereocenters. The van der Waals surface area contributed by atoms with Crippen molar-refractivity contribution in [1.29, 1.82) is 0 Å². The zero-order chi connectivity index (χ0) is 23.4. The number of carbonyl (C=O) groups is 1. The third-order valence-corrected chi connectivity index (χ3v) is 5.16. The van der Waals surface area contributed by atoms with E-state index in [1.165, 1.54) is 31.4 Å². The summed E-state index contributed by atoms with van der Waals surface area (Å²) < 4.78 is 16.5. The van der Waals surface area contributed by atoms with E-state index in [4.69, 9.17) is 25.8 Å².